The average molecular weight is 262 g/mol. The molecule has 0 aliphatic carbocycles. The van der Waals surface area contributed by atoms with Crippen molar-refractivity contribution in [1.29, 1.82) is 0 Å². The van der Waals surface area contributed by atoms with Crippen LogP contribution in [0.4, 0.5) is 26.3 Å². The van der Waals surface area contributed by atoms with Crippen molar-refractivity contribution in [1.82, 2.24) is 9.78 Å². The van der Waals surface area contributed by atoms with E-state index >= 15 is 0 Å². The first-order chi connectivity index (χ1) is 7.55. The smallest absolute Gasteiger partial charge is 0.433 e. The molecule has 0 atom stereocenters. The van der Waals surface area contributed by atoms with Gasteiger partial charge in [-0.3, -0.25) is 0 Å². The first kappa shape index (κ1) is 13.3. The second-order valence-corrected chi connectivity index (χ2v) is 2.96. The average Bonchev–Trinajstić information content (AvgIpc) is 2.50. The largest absolute Gasteiger partial charge is 0.479 e. The minimum Gasteiger partial charge on any atom is -0.479 e. The van der Waals surface area contributed by atoms with Gasteiger partial charge in [-0.05, 0) is 6.07 Å². The molecule has 1 rings (SSSR count). The number of aliphatic carboxylic acids is 1. The van der Waals surface area contributed by atoms with Crippen LogP contribution in [-0.2, 0) is 10.3 Å². The van der Waals surface area contributed by atoms with Gasteiger partial charge in [0.25, 0.3) is 0 Å². The van der Waals surface area contributed by atoms with E-state index in [0.29, 0.717) is 6.20 Å². The summed E-state index contributed by atoms with van der Waals surface area (Å²) in [5, 5.41) is 11.1. The fourth-order valence-electron chi connectivity index (χ4n) is 1.23. The van der Waals surface area contributed by atoms with E-state index in [1.807, 2.05) is 0 Å². The molecular formula is C7H4F6N2O2. The third-order valence-corrected chi connectivity index (χ3v) is 1.98. The van der Waals surface area contributed by atoms with Crippen LogP contribution in [0, 0.1) is 0 Å². The molecule has 0 fully saturated rings. The summed E-state index contributed by atoms with van der Waals surface area (Å²) >= 11 is 0. The maximum absolute atomic E-state index is 12.5. The van der Waals surface area contributed by atoms with Crippen LogP contribution >= 0.6 is 0 Å². The first-order valence-electron chi connectivity index (χ1n) is 3.92. The summed E-state index contributed by atoms with van der Waals surface area (Å²) in [5.74, 6) is -3.10. The lowest BCUT2D eigenvalue weighted by Crippen LogP contribution is -2.63. The Kier molecular flexibility index (Phi) is 2.85. The Bertz CT molecular complexity index is 393. The fourth-order valence-corrected chi connectivity index (χ4v) is 1.23. The van der Waals surface area contributed by atoms with Gasteiger partial charge in [0, 0.05) is 12.4 Å². The number of aromatic nitrogens is 2. The van der Waals surface area contributed by atoms with Gasteiger partial charge in [0.1, 0.15) is 0 Å². The Balaban J connectivity index is 3.62. The van der Waals surface area contributed by atoms with Crippen molar-refractivity contribution in [3.63, 3.8) is 0 Å². The molecule has 1 heterocycles. The molecule has 1 N–H and O–H groups in total. The molecule has 96 valence electrons. The molecule has 0 saturated carbocycles. The van der Waals surface area contributed by atoms with E-state index in [1.54, 1.807) is 0 Å². The van der Waals surface area contributed by atoms with Gasteiger partial charge in [-0.2, -0.15) is 31.4 Å². The molecule has 0 aromatic carbocycles. The normalized spacial score (nSPS) is 13.8. The Labute approximate surface area is 89.4 Å². The fraction of sp³-hybridized carbons (Fsp3) is 0.429. The summed E-state index contributed by atoms with van der Waals surface area (Å²) in [6.45, 7) is 0. The molecular weight excluding hydrogens is 258 g/mol. The Morgan fingerprint density at radius 1 is 1.12 bits per heavy atom. The zero-order chi connectivity index (χ0) is 13.5. The number of carboxylic acids is 1. The summed E-state index contributed by atoms with van der Waals surface area (Å²) in [6.07, 6.45) is -11.3. The molecule has 0 amide bonds. The summed E-state index contributed by atoms with van der Waals surface area (Å²) in [4.78, 5) is 10.5. The zero-order valence-corrected chi connectivity index (χ0v) is 7.75. The number of carbonyl (C=O) groups is 1. The highest BCUT2D eigenvalue weighted by molar-refractivity contribution is 5.79. The van der Waals surface area contributed by atoms with Crippen LogP contribution in [-0.4, -0.2) is 33.2 Å². The van der Waals surface area contributed by atoms with Crippen LogP contribution in [0.1, 0.15) is 0 Å². The monoisotopic (exact) mass is 262 g/mol. The maximum Gasteiger partial charge on any atom is 0.433 e. The van der Waals surface area contributed by atoms with Gasteiger partial charge in [0.2, 0.25) is 0 Å². The maximum atomic E-state index is 12.5. The first-order valence-corrected chi connectivity index (χ1v) is 3.92. The van der Waals surface area contributed by atoms with Crippen LogP contribution < -0.4 is 0 Å². The summed E-state index contributed by atoms with van der Waals surface area (Å²) in [5.41, 5.74) is -5.08. The molecule has 1 aromatic heterocycles. The van der Waals surface area contributed by atoms with Crippen molar-refractivity contribution in [2.45, 2.75) is 17.9 Å². The Morgan fingerprint density at radius 3 is 1.82 bits per heavy atom. The standard InChI is InChI=1S/C7H4F6N2O2/c8-6(9,10)5(4(16)17,7(11,12)13)15-3-1-2-14-15/h1-3H,(H,16,17). The molecule has 10 heteroatoms. The van der Waals surface area contributed by atoms with Crippen molar-refractivity contribution in [3.05, 3.63) is 18.5 Å². The molecule has 0 unspecified atom stereocenters. The van der Waals surface area contributed by atoms with Crippen LogP contribution in [0.2, 0.25) is 0 Å². The Hall–Kier alpha value is -1.74. The zero-order valence-electron chi connectivity index (χ0n) is 7.75. The quantitative estimate of drug-likeness (QED) is 0.826. The number of halogens is 6. The predicted octanol–water partition coefficient (Wildman–Crippen LogP) is 1.79. The van der Waals surface area contributed by atoms with Gasteiger partial charge in [-0.25, -0.2) is 9.48 Å². The van der Waals surface area contributed by atoms with Crippen molar-refractivity contribution in [2.75, 3.05) is 0 Å². The number of hydrogen-bond acceptors (Lipinski definition) is 2. The van der Waals surface area contributed by atoms with Gasteiger partial charge in [0.05, 0.1) is 0 Å². The van der Waals surface area contributed by atoms with E-state index in [0.717, 1.165) is 6.07 Å². The summed E-state index contributed by atoms with van der Waals surface area (Å²) in [6, 6.07) is 0.759. The van der Waals surface area contributed by atoms with Crippen LogP contribution in [0.5, 0.6) is 0 Å². The molecule has 0 aliphatic heterocycles. The minimum atomic E-state index is -6.08. The van der Waals surface area contributed by atoms with E-state index in [9.17, 15) is 31.1 Å². The lowest BCUT2D eigenvalue weighted by molar-refractivity contribution is -0.323. The Morgan fingerprint density at radius 2 is 1.59 bits per heavy atom. The number of nitrogens with zero attached hydrogens (tertiary/aromatic N) is 2. The number of alkyl halides is 6. The van der Waals surface area contributed by atoms with E-state index in [4.69, 9.17) is 5.11 Å². The summed E-state index contributed by atoms with van der Waals surface area (Å²) < 4.78 is 74.5. The molecule has 17 heavy (non-hydrogen) atoms. The highest BCUT2D eigenvalue weighted by Crippen LogP contribution is 2.48. The minimum absolute atomic E-state index is 0.287. The molecule has 0 spiro atoms. The second-order valence-electron chi connectivity index (χ2n) is 2.96. The highest BCUT2D eigenvalue weighted by atomic mass is 19.4. The number of rotatable bonds is 2. The molecule has 0 saturated heterocycles. The number of carboxylic acid groups (broad SMARTS) is 1. The van der Waals surface area contributed by atoms with Crippen molar-refractivity contribution in [3.8, 4) is 0 Å². The molecule has 1 aromatic rings. The summed E-state index contributed by atoms with van der Waals surface area (Å²) in [7, 11) is 0. The molecule has 0 aliphatic rings. The van der Waals surface area contributed by atoms with Crippen LogP contribution in [0.15, 0.2) is 18.5 Å². The van der Waals surface area contributed by atoms with Gasteiger partial charge in [-0.1, -0.05) is 0 Å². The number of hydrogen-bond donors (Lipinski definition) is 1. The topological polar surface area (TPSA) is 55.1 Å². The van der Waals surface area contributed by atoms with Crippen LogP contribution in [0.25, 0.3) is 0 Å². The molecule has 0 radical (unpaired) electrons. The van der Waals surface area contributed by atoms with Crippen molar-refractivity contribution < 1.29 is 36.2 Å². The SMILES string of the molecule is O=C(O)C(n1cccn1)(C(F)(F)F)C(F)(F)F. The van der Waals surface area contributed by atoms with Gasteiger partial charge < -0.3 is 5.11 Å². The van der Waals surface area contributed by atoms with E-state index in [-0.39, 0.29) is 6.20 Å². The lowest BCUT2D eigenvalue weighted by Gasteiger charge is -2.33. The predicted molar refractivity (Wildman–Crippen MR) is 39.9 cm³/mol. The molecule has 0 bridgehead atoms. The van der Waals surface area contributed by atoms with Crippen LogP contribution in [0.3, 0.4) is 0 Å². The third kappa shape index (κ3) is 1.72. The van der Waals surface area contributed by atoms with E-state index < -0.39 is 28.5 Å². The van der Waals surface area contributed by atoms with E-state index in [1.165, 1.54) is 0 Å². The van der Waals surface area contributed by atoms with Crippen molar-refractivity contribution >= 4 is 5.97 Å². The highest BCUT2D eigenvalue weighted by Gasteiger charge is 2.78. The third-order valence-electron chi connectivity index (χ3n) is 1.98. The lowest BCUT2D eigenvalue weighted by atomic mass is 9.98. The van der Waals surface area contributed by atoms with Gasteiger partial charge in [-0.15, -0.1) is 0 Å². The van der Waals surface area contributed by atoms with Crippen molar-refractivity contribution in [2.24, 2.45) is 0 Å². The van der Waals surface area contributed by atoms with Gasteiger partial charge >= 0.3 is 23.9 Å². The molecule has 4 nitrogen and oxygen atoms in total. The van der Waals surface area contributed by atoms with Gasteiger partial charge in [0.15, 0.2) is 0 Å². The van der Waals surface area contributed by atoms with E-state index in [2.05, 4.69) is 5.10 Å². The second kappa shape index (κ2) is 3.64.